The summed E-state index contributed by atoms with van der Waals surface area (Å²) >= 11 is 0. The van der Waals surface area contributed by atoms with Crippen LogP contribution in [0.4, 0.5) is 0 Å². The van der Waals surface area contributed by atoms with Gasteiger partial charge in [-0.3, -0.25) is 20.0 Å². The average Bonchev–Trinajstić information content (AvgIpc) is 2.86. The van der Waals surface area contributed by atoms with Crippen LogP contribution < -0.4 is 10.6 Å². The number of ether oxygens (including phenoxy) is 1. The molecule has 18 heavy (non-hydrogen) atoms. The summed E-state index contributed by atoms with van der Waals surface area (Å²) in [5.74, 6) is 0.629. The van der Waals surface area contributed by atoms with Crippen molar-refractivity contribution in [3.8, 4) is 0 Å². The monoisotopic (exact) mass is 254 g/mol. The summed E-state index contributed by atoms with van der Waals surface area (Å²) in [5, 5.41) is 6.07. The van der Waals surface area contributed by atoms with Crippen LogP contribution in [0.25, 0.3) is 0 Å². The van der Waals surface area contributed by atoms with Gasteiger partial charge in [0.1, 0.15) is 5.54 Å². The fraction of sp³-hybridized carbons (Fsp3) is 0.833. The van der Waals surface area contributed by atoms with Crippen molar-refractivity contribution in [1.29, 1.82) is 0 Å². The lowest BCUT2D eigenvalue weighted by Gasteiger charge is -2.23. The zero-order valence-corrected chi connectivity index (χ0v) is 11.3. The van der Waals surface area contributed by atoms with Crippen LogP contribution in [0.2, 0.25) is 0 Å². The van der Waals surface area contributed by atoms with Crippen molar-refractivity contribution in [2.75, 3.05) is 33.4 Å². The van der Waals surface area contributed by atoms with Crippen LogP contribution in [0.15, 0.2) is 4.99 Å². The lowest BCUT2D eigenvalue weighted by atomic mass is 9.99. The van der Waals surface area contributed by atoms with Crippen LogP contribution in [-0.2, 0) is 9.53 Å². The van der Waals surface area contributed by atoms with Crippen molar-refractivity contribution in [1.82, 2.24) is 15.5 Å². The second-order valence-electron chi connectivity index (χ2n) is 5.20. The molecule has 2 aliphatic rings. The van der Waals surface area contributed by atoms with Crippen LogP contribution >= 0.6 is 0 Å². The Labute approximate surface area is 108 Å². The first-order valence-electron chi connectivity index (χ1n) is 6.44. The Bertz CT molecular complexity index is 356. The summed E-state index contributed by atoms with van der Waals surface area (Å²) in [7, 11) is 1.64. The third kappa shape index (κ3) is 2.49. The van der Waals surface area contributed by atoms with Gasteiger partial charge in [0.05, 0.1) is 13.2 Å². The van der Waals surface area contributed by atoms with Crippen LogP contribution in [-0.4, -0.2) is 61.7 Å². The normalized spacial score (nSPS) is 30.4. The van der Waals surface area contributed by atoms with Gasteiger partial charge in [-0.15, -0.1) is 0 Å². The number of amides is 1. The molecule has 0 aromatic heterocycles. The van der Waals surface area contributed by atoms with Gasteiger partial charge in [-0.05, 0) is 20.3 Å². The van der Waals surface area contributed by atoms with Gasteiger partial charge < -0.3 is 10.1 Å². The summed E-state index contributed by atoms with van der Waals surface area (Å²) < 4.78 is 4.94. The number of hydrogen-bond acceptors (Lipinski definition) is 4. The Morgan fingerprint density at radius 2 is 2.33 bits per heavy atom. The van der Waals surface area contributed by atoms with Crippen LogP contribution in [0, 0.1) is 0 Å². The van der Waals surface area contributed by atoms with Crippen molar-refractivity contribution < 1.29 is 9.53 Å². The maximum Gasteiger partial charge on any atom is 0.253 e. The molecule has 1 atom stereocenters. The average molecular weight is 254 g/mol. The molecule has 0 radical (unpaired) electrons. The summed E-state index contributed by atoms with van der Waals surface area (Å²) in [6.07, 6.45) is 0.834. The van der Waals surface area contributed by atoms with Crippen molar-refractivity contribution in [3.63, 3.8) is 0 Å². The molecule has 2 fully saturated rings. The van der Waals surface area contributed by atoms with Gasteiger partial charge in [0.25, 0.3) is 5.91 Å². The minimum atomic E-state index is -0.476. The molecule has 0 aromatic rings. The molecule has 6 heteroatoms. The van der Waals surface area contributed by atoms with E-state index in [1.807, 2.05) is 0 Å². The standard InChI is InChI=1S/C12H22N4O2/c1-9(2)16-6-4-12(8-16)10(17)14-11(15-12)13-5-7-18-3/h9H,4-8H2,1-3H3,(H2,13,14,15,17). The minimum absolute atomic E-state index is 0.0433. The van der Waals surface area contributed by atoms with E-state index in [4.69, 9.17) is 4.74 Å². The van der Waals surface area contributed by atoms with E-state index in [1.54, 1.807) is 7.11 Å². The summed E-state index contributed by atoms with van der Waals surface area (Å²) in [6.45, 7) is 7.12. The maximum absolute atomic E-state index is 12.1. The topological polar surface area (TPSA) is 66.0 Å². The Morgan fingerprint density at radius 1 is 1.56 bits per heavy atom. The highest BCUT2D eigenvalue weighted by Gasteiger charge is 2.50. The molecule has 102 valence electrons. The number of methoxy groups -OCH3 is 1. The number of aliphatic imine (C=N–C) groups is 1. The van der Waals surface area contributed by atoms with E-state index in [0.717, 1.165) is 19.5 Å². The van der Waals surface area contributed by atoms with Crippen LogP contribution in [0.1, 0.15) is 20.3 Å². The summed E-state index contributed by atoms with van der Waals surface area (Å²) in [5.41, 5.74) is -0.476. The highest BCUT2D eigenvalue weighted by atomic mass is 16.5. The smallest absolute Gasteiger partial charge is 0.253 e. The van der Waals surface area contributed by atoms with Gasteiger partial charge in [0.2, 0.25) is 0 Å². The number of nitrogens with one attached hydrogen (secondary N) is 2. The zero-order chi connectivity index (χ0) is 13.2. The molecule has 1 spiro atoms. The first-order chi connectivity index (χ1) is 8.57. The molecular formula is C12H22N4O2. The largest absolute Gasteiger partial charge is 0.383 e. The second-order valence-corrected chi connectivity index (χ2v) is 5.20. The van der Waals surface area contributed by atoms with Gasteiger partial charge >= 0.3 is 0 Å². The highest BCUT2D eigenvalue weighted by molar-refractivity contribution is 6.09. The molecule has 0 aliphatic carbocycles. The fourth-order valence-electron chi connectivity index (χ4n) is 2.44. The quantitative estimate of drug-likeness (QED) is 0.668. The SMILES string of the molecule is COCCN=C1NC(=O)C2(CCN(C(C)C)C2)N1. The Hall–Kier alpha value is -1.14. The van der Waals surface area contributed by atoms with Gasteiger partial charge in [-0.2, -0.15) is 0 Å². The van der Waals surface area contributed by atoms with E-state index in [1.165, 1.54) is 0 Å². The number of likely N-dealkylation sites (tertiary alicyclic amines) is 1. The number of carbonyl (C=O) groups is 1. The highest BCUT2D eigenvalue weighted by Crippen LogP contribution is 2.25. The predicted molar refractivity (Wildman–Crippen MR) is 69.5 cm³/mol. The molecule has 1 unspecified atom stereocenters. The van der Waals surface area contributed by atoms with Crippen LogP contribution in [0.3, 0.4) is 0 Å². The maximum atomic E-state index is 12.1. The minimum Gasteiger partial charge on any atom is -0.383 e. The number of carbonyl (C=O) groups excluding carboxylic acids is 1. The van der Waals surface area contributed by atoms with Crippen molar-refractivity contribution in [2.45, 2.75) is 31.8 Å². The molecule has 1 amide bonds. The molecule has 2 rings (SSSR count). The molecule has 0 saturated carbocycles. The van der Waals surface area contributed by atoms with Gasteiger partial charge in [0, 0.05) is 26.2 Å². The fourth-order valence-corrected chi connectivity index (χ4v) is 2.44. The van der Waals surface area contributed by atoms with Gasteiger partial charge in [-0.25, -0.2) is 0 Å². The predicted octanol–water partition coefficient (Wildman–Crippen LogP) is -0.439. The third-order valence-electron chi connectivity index (χ3n) is 3.62. The molecule has 2 aliphatic heterocycles. The molecule has 2 heterocycles. The lowest BCUT2D eigenvalue weighted by molar-refractivity contribution is -0.123. The Kier molecular flexibility index (Phi) is 3.87. The van der Waals surface area contributed by atoms with E-state index in [-0.39, 0.29) is 5.91 Å². The van der Waals surface area contributed by atoms with Crippen molar-refractivity contribution >= 4 is 11.9 Å². The van der Waals surface area contributed by atoms with Gasteiger partial charge in [0.15, 0.2) is 5.96 Å². The number of rotatable bonds is 4. The zero-order valence-electron chi connectivity index (χ0n) is 11.3. The van der Waals surface area contributed by atoms with E-state index in [0.29, 0.717) is 25.2 Å². The first-order valence-corrected chi connectivity index (χ1v) is 6.44. The second kappa shape index (κ2) is 5.24. The van der Waals surface area contributed by atoms with Crippen molar-refractivity contribution in [3.05, 3.63) is 0 Å². The van der Waals surface area contributed by atoms with E-state index in [9.17, 15) is 4.79 Å². The summed E-state index contributed by atoms with van der Waals surface area (Å²) in [6, 6.07) is 0.466. The third-order valence-corrected chi connectivity index (χ3v) is 3.62. The van der Waals surface area contributed by atoms with Gasteiger partial charge in [-0.1, -0.05) is 0 Å². The molecule has 2 saturated heterocycles. The lowest BCUT2D eigenvalue weighted by Crippen LogP contribution is -2.49. The molecule has 0 aromatic carbocycles. The number of nitrogens with zero attached hydrogens (tertiary/aromatic N) is 2. The number of hydrogen-bond donors (Lipinski definition) is 2. The summed E-state index contributed by atoms with van der Waals surface area (Å²) in [4.78, 5) is 18.7. The van der Waals surface area contributed by atoms with E-state index < -0.39 is 5.54 Å². The van der Waals surface area contributed by atoms with Crippen LogP contribution in [0.5, 0.6) is 0 Å². The molecule has 0 bridgehead atoms. The first kappa shape index (κ1) is 13.3. The molecular weight excluding hydrogens is 232 g/mol. The molecule has 6 nitrogen and oxygen atoms in total. The molecule has 2 N–H and O–H groups in total. The Morgan fingerprint density at radius 3 is 2.94 bits per heavy atom. The Balaban J connectivity index is 1.99. The van der Waals surface area contributed by atoms with E-state index >= 15 is 0 Å². The van der Waals surface area contributed by atoms with Crippen molar-refractivity contribution in [2.24, 2.45) is 4.99 Å². The van der Waals surface area contributed by atoms with E-state index in [2.05, 4.69) is 34.4 Å². The number of guanidine groups is 1.